The van der Waals surface area contributed by atoms with Crippen molar-refractivity contribution in [1.82, 2.24) is 20.1 Å². The Labute approximate surface area is 224 Å². The molecule has 2 atom stereocenters. The van der Waals surface area contributed by atoms with E-state index in [1.807, 2.05) is 26.0 Å². The van der Waals surface area contributed by atoms with Crippen molar-refractivity contribution in [3.63, 3.8) is 0 Å². The molecule has 2 aromatic carbocycles. The van der Waals surface area contributed by atoms with E-state index >= 15 is 0 Å². The fourth-order valence-corrected chi connectivity index (χ4v) is 4.72. The molecule has 0 aliphatic carbocycles. The van der Waals surface area contributed by atoms with E-state index in [9.17, 15) is 14.9 Å². The highest BCUT2D eigenvalue weighted by molar-refractivity contribution is 6.30. The summed E-state index contributed by atoms with van der Waals surface area (Å²) in [5.41, 5.74) is 1.69. The van der Waals surface area contributed by atoms with Gasteiger partial charge in [0.1, 0.15) is 24.4 Å². The van der Waals surface area contributed by atoms with Crippen molar-refractivity contribution < 1.29 is 18.7 Å². The maximum atomic E-state index is 14.2. The summed E-state index contributed by atoms with van der Waals surface area (Å²) in [5, 5.41) is 12.8. The minimum atomic E-state index is -0.689. The summed E-state index contributed by atoms with van der Waals surface area (Å²) in [6.45, 7) is 4.36. The minimum absolute atomic E-state index is 0.0810. The van der Waals surface area contributed by atoms with Crippen LogP contribution in [-0.4, -0.2) is 58.3 Å². The van der Waals surface area contributed by atoms with Crippen LogP contribution in [0.1, 0.15) is 48.5 Å². The van der Waals surface area contributed by atoms with E-state index in [1.54, 1.807) is 35.2 Å². The van der Waals surface area contributed by atoms with Crippen LogP contribution in [0.15, 0.2) is 64.3 Å². The monoisotopic (exact) mass is 532 g/mol. The van der Waals surface area contributed by atoms with Crippen molar-refractivity contribution in [2.45, 2.75) is 32.0 Å². The second-order valence-electron chi connectivity index (χ2n) is 9.18. The topological polar surface area (TPSA) is 124 Å². The predicted molar refractivity (Wildman–Crippen MR) is 139 cm³/mol. The van der Waals surface area contributed by atoms with Crippen LogP contribution >= 0.6 is 11.6 Å². The van der Waals surface area contributed by atoms with Gasteiger partial charge in [-0.25, -0.2) is 9.78 Å². The lowest BCUT2D eigenvalue weighted by atomic mass is 9.99. The molecule has 0 bridgehead atoms. The summed E-state index contributed by atoms with van der Waals surface area (Å²) in [7, 11) is 0. The first kappa shape index (κ1) is 25.3. The normalized spacial score (nSPS) is 19.2. The molecule has 11 heteroatoms. The number of carbonyl (C=O) groups excluding carboxylic acids is 2. The van der Waals surface area contributed by atoms with E-state index in [2.05, 4.69) is 16.4 Å². The van der Waals surface area contributed by atoms with E-state index in [-0.39, 0.29) is 18.6 Å². The van der Waals surface area contributed by atoms with Gasteiger partial charge in [-0.1, -0.05) is 23.7 Å². The number of ether oxygens (including phenoxy) is 1. The summed E-state index contributed by atoms with van der Waals surface area (Å²) in [4.78, 5) is 38.7. The van der Waals surface area contributed by atoms with Crippen molar-refractivity contribution in [2.75, 3.05) is 19.6 Å². The van der Waals surface area contributed by atoms with Crippen molar-refractivity contribution in [2.24, 2.45) is 4.99 Å². The van der Waals surface area contributed by atoms with Crippen LogP contribution in [0.3, 0.4) is 0 Å². The average molecular weight is 533 g/mol. The Hall–Kier alpha value is -4.36. The lowest BCUT2D eigenvalue weighted by Gasteiger charge is -2.35. The average Bonchev–Trinajstić information content (AvgIpc) is 3.57. The number of urea groups is 1. The fourth-order valence-electron chi connectivity index (χ4n) is 4.59. The standard InChI is InChI=1S/C27H25ClN6O4/c1-16(2)38-21-13-17(14-29)3-8-20(21)25-32-23(26-31-10-12-37-26)24(18-4-6-19(28)7-5-18)34(25)27(36)33-11-9-30-22(35)15-33/h3-8,10,12-13,16,23-24H,9,11,15H2,1-2H3,(H,30,35)/t23-,24-/m1/s1. The molecule has 3 heterocycles. The molecule has 1 saturated heterocycles. The Kier molecular flexibility index (Phi) is 7.03. The Bertz CT molecular complexity index is 1410. The van der Waals surface area contributed by atoms with Gasteiger partial charge < -0.3 is 19.4 Å². The van der Waals surface area contributed by atoms with Crippen molar-refractivity contribution >= 4 is 29.4 Å². The molecule has 1 N–H and O–H groups in total. The molecule has 2 aliphatic heterocycles. The zero-order valence-electron chi connectivity index (χ0n) is 20.8. The Balaban J connectivity index is 1.69. The first-order valence-electron chi connectivity index (χ1n) is 12.1. The van der Waals surface area contributed by atoms with Crippen LogP contribution in [0, 0.1) is 11.3 Å². The van der Waals surface area contributed by atoms with Gasteiger partial charge in [-0.15, -0.1) is 0 Å². The first-order valence-corrected chi connectivity index (χ1v) is 12.5. The molecule has 0 spiro atoms. The second-order valence-corrected chi connectivity index (χ2v) is 9.61. The number of aromatic nitrogens is 1. The van der Waals surface area contributed by atoms with Crippen LogP contribution < -0.4 is 10.1 Å². The third-order valence-electron chi connectivity index (χ3n) is 6.21. The van der Waals surface area contributed by atoms with Crippen LogP contribution in [0.2, 0.25) is 5.02 Å². The highest BCUT2D eigenvalue weighted by Crippen LogP contribution is 2.45. The number of nitrogens with one attached hydrogen (secondary N) is 1. The number of oxazole rings is 1. The third-order valence-corrected chi connectivity index (χ3v) is 6.46. The van der Waals surface area contributed by atoms with Gasteiger partial charge >= 0.3 is 6.03 Å². The van der Waals surface area contributed by atoms with E-state index in [0.29, 0.717) is 46.7 Å². The van der Waals surface area contributed by atoms with Crippen molar-refractivity contribution in [1.29, 1.82) is 5.26 Å². The number of aliphatic imine (C=N–C) groups is 1. The smallest absolute Gasteiger partial charge is 0.326 e. The molecule has 0 unspecified atom stereocenters. The predicted octanol–water partition coefficient (Wildman–Crippen LogP) is 4.08. The van der Waals surface area contributed by atoms with Crippen LogP contribution in [0.4, 0.5) is 4.79 Å². The molecular formula is C27H25ClN6O4. The zero-order valence-corrected chi connectivity index (χ0v) is 21.6. The number of amides is 3. The van der Waals surface area contributed by atoms with Crippen LogP contribution in [-0.2, 0) is 4.79 Å². The summed E-state index contributed by atoms with van der Waals surface area (Å²) < 4.78 is 11.7. The van der Waals surface area contributed by atoms with Gasteiger partial charge in [0.2, 0.25) is 11.8 Å². The lowest BCUT2D eigenvalue weighted by molar-refractivity contribution is -0.123. The number of carbonyl (C=O) groups is 2. The number of nitrogens with zero attached hydrogens (tertiary/aromatic N) is 5. The van der Waals surface area contributed by atoms with E-state index < -0.39 is 18.1 Å². The van der Waals surface area contributed by atoms with E-state index in [1.165, 1.54) is 17.4 Å². The van der Waals surface area contributed by atoms with Gasteiger partial charge in [0.15, 0.2) is 6.04 Å². The van der Waals surface area contributed by atoms with Crippen molar-refractivity contribution in [3.05, 3.63) is 82.5 Å². The molecule has 1 aromatic heterocycles. The molecule has 194 valence electrons. The fraction of sp³-hybridized carbons (Fsp3) is 0.296. The summed E-state index contributed by atoms with van der Waals surface area (Å²) in [5.74, 6) is 0.824. The molecular weight excluding hydrogens is 508 g/mol. The maximum absolute atomic E-state index is 14.2. The van der Waals surface area contributed by atoms with Crippen LogP contribution in [0.5, 0.6) is 5.75 Å². The quantitative estimate of drug-likeness (QED) is 0.528. The van der Waals surface area contributed by atoms with Crippen molar-refractivity contribution in [3.8, 4) is 11.8 Å². The molecule has 0 radical (unpaired) electrons. The second kappa shape index (κ2) is 10.6. The largest absolute Gasteiger partial charge is 0.490 e. The van der Waals surface area contributed by atoms with Gasteiger partial charge in [-0.05, 0) is 49.7 Å². The Morgan fingerprint density at radius 3 is 2.71 bits per heavy atom. The number of hydrogen-bond donors (Lipinski definition) is 1. The third kappa shape index (κ3) is 4.93. The zero-order chi connectivity index (χ0) is 26.8. The Morgan fingerprint density at radius 1 is 1.26 bits per heavy atom. The molecule has 1 fully saturated rings. The highest BCUT2D eigenvalue weighted by Gasteiger charge is 2.46. The number of rotatable bonds is 5. The number of amidine groups is 1. The maximum Gasteiger partial charge on any atom is 0.326 e. The van der Waals surface area contributed by atoms with E-state index in [0.717, 1.165) is 5.56 Å². The SMILES string of the molecule is CC(C)Oc1cc(C#N)ccc1C1=N[C@@H](c2ncco2)[C@@H](c2ccc(Cl)cc2)N1C(=O)N1CCNC(=O)C1. The molecule has 0 saturated carbocycles. The molecule has 3 aromatic rings. The highest BCUT2D eigenvalue weighted by atomic mass is 35.5. The van der Waals surface area contributed by atoms with Crippen LogP contribution in [0.25, 0.3) is 0 Å². The van der Waals surface area contributed by atoms with E-state index in [4.69, 9.17) is 25.7 Å². The van der Waals surface area contributed by atoms with Gasteiger partial charge in [-0.3, -0.25) is 14.7 Å². The first-order chi connectivity index (χ1) is 18.4. The van der Waals surface area contributed by atoms with Gasteiger partial charge in [0.25, 0.3) is 0 Å². The summed E-state index contributed by atoms with van der Waals surface area (Å²) in [6, 6.07) is 12.5. The summed E-state index contributed by atoms with van der Waals surface area (Å²) >= 11 is 6.18. The molecule has 2 aliphatic rings. The molecule has 10 nitrogen and oxygen atoms in total. The number of piperazine rings is 1. The number of nitriles is 1. The number of benzene rings is 2. The molecule has 38 heavy (non-hydrogen) atoms. The summed E-state index contributed by atoms with van der Waals surface area (Å²) in [6.07, 6.45) is 2.78. The molecule has 5 rings (SSSR count). The van der Waals surface area contributed by atoms with Gasteiger partial charge in [-0.2, -0.15) is 5.26 Å². The molecule has 3 amide bonds. The lowest BCUT2D eigenvalue weighted by Crippen LogP contribution is -2.55. The van der Waals surface area contributed by atoms with Gasteiger partial charge in [0.05, 0.1) is 35.5 Å². The van der Waals surface area contributed by atoms with Gasteiger partial charge in [0, 0.05) is 18.1 Å². The minimum Gasteiger partial charge on any atom is -0.490 e. The Morgan fingerprint density at radius 2 is 2.05 bits per heavy atom. The number of hydrogen-bond acceptors (Lipinski definition) is 7. The number of halogens is 1.